The summed E-state index contributed by atoms with van der Waals surface area (Å²) in [7, 11) is 0. The minimum atomic E-state index is -0.905. The highest BCUT2D eigenvalue weighted by Gasteiger charge is 2.39. The van der Waals surface area contributed by atoms with E-state index in [0.717, 1.165) is 25.7 Å². The number of hydrogen-bond acceptors (Lipinski definition) is 3. The smallest absolute Gasteiger partial charge is 0.269 e. The molecule has 0 saturated heterocycles. The summed E-state index contributed by atoms with van der Waals surface area (Å²) < 4.78 is 19.7. The van der Waals surface area contributed by atoms with Crippen molar-refractivity contribution in [3.05, 3.63) is 69.5 Å². The lowest BCUT2D eigenvalue weighted by Gasteiger charge is -2.37. The van der Waals surface area contributed by atoms with Crippen molar-refractivity contribution in [1.29, 1.82) is 0 Å². The minimum Gasteiger partial charge on any atom is -0.480 e. The van der Waals surface area contributed by atoms with E-state index in [1.807, 2.05) is 19.9 Å². The lowest BCUT2D eigenvalue weighted by atomic mass is 9.94. The van der Waals surface area contributed by atoms with E-state index in [-0.39, 0.29) is 23.7 Å². The molecule has 2 unspecified atom stereocenters. The maximum Gasteiger partial charge on any atom is 0.269 e. The van der Waals surface area contributed by atoms with Gasteiger partial charge in [-0.05, 0) is 87.1 Å². The Hall–Kier alpha value is -2.57. The second kappa shape index (κ2) is 11.7. The van der Waals surface area contributed by atoms with Crippen LogP contribution in [-0.4, -0.2) is 30.0 Å². The Kier molecular flexibility index (Phi) is 8.58. The van der Waals surface area contributed by atoms with Gasteiger partial charge in [-0.15, -0.1) is 0 Å². The summed E-state index contributed by atoms with van der Waals surface area (Å²) in [5.74, 6) is -0.509. The number of allylic oxidation sites excluding steroid dienone is 1. The van der Waals surface area contributed by atoms with Crippen LogP contribution in [0.3, 0.4) is 0 Å². The SMILES string of the molecule is C/C=C(\C)C(C(=O)NC1CCCCC1)N(C(=O)C1CCc2cc(F)ccc2O1)c1cc(Cl)cc(Cl)c1. The van der Waals surface area contributed by atoms with E-state index in [1.54, 1.807) is 18.2 Å². The van der Waals surface area contributed by atoms with E-state index >= 15 is 0 Å². The van der Waals surface area contributed by atoms with Gasteiger partial charge in [-0.2, -0.15) is 0 Å². The molecule has 1 N–H and O–H groups in total. The molecule has 4 rings (SSSR count). The number of hydrogen-bond donors (Lipinski definition) is 1. The molecule has 0 aromatic heterocycles. The quantitative estimate of drug-likeness (QED) is 0.424. The first-order chi connectivity index (χ1) is 17.3. The molecule has 0 bridgehead atoms. The van der Waals surface area contributed by atoms with Crippen LogP contribution in [0.5, 0.6) is 5.75 Å². The summed E-state index contributed by atoms with van der Waals surface area (Å²) in [6.07, 6.45) is 6.96. The highest BCUT2D eigenvalue weighted by molar-refractivity contribution is 6.35. The van der Waals surface area contributed by atoms with Crippen LogP contribution < -0.4 is 15.0 Å². The van der Waals surface area contributed by atoms with Gasteiger partial charge in [0.1, 0.15) is 17.6 Å². The Morgan fingerprint density at radius 1 is 1.08 bits per heavy atom. The zero-order valence-corrected chi connectivity index (χ0v) is 22.0. The predicted octanol–water partition coefficient (Wildman–Crippen LogP) is 6.64. The van der Waals surface area contributed by atoms with Gasteiger partial charge >= 0.3 is 0 Å². The van der Waals surface area contributed by atoms with Crippen molar-refractivity contribution in [2.45, 2.75) is 77.0 Å². The number of benzene rings is 2. The molecule has 5 nitrogen and oxygen atoms in total. The Morgan fingerprint density at radius 2 is 1.78 bits per heavy atom. The van der Waals surface area contributed by atoms with Crippen LogP contribution in [0.2, 0.25) is 10.0 Å². The summed E-state index contributed by atoms with van der Waals surface area (Å²) in [6, 6.07) is 8.27. The fourth-order valence-electron chi connectivity index (χ4n) is 4.98. The normalized spacial score (nSPS) is 19.1. The molecule has 1 saturated carbocycles. The Balaban J connectivity index is 1.71. The molecule has 36 heavy (non-hydrogen) atoms. The molecule has 1 fully saturated rings. The van der Waals surface area contributed by atoms with E-state index in [1.165, 1.54) is 29.5 Å². The number of aryl methyl sites for hydroxylation is 1. The van der Waals surface area contributed by atoms with Crippen LogP contribution in [-0.2, 0) is 16.0 Å². The zero-order chi connectivity index (χ0) is 25.8. The van der Waals surface area contributed by atoms with Crippen LogP contribution in [0, 0.1) is 5.82 Å². The molecule has 1 aliphatic heterocycles. The molecule has 2 atom stereocenters. The molecule has 2 amide bonds. The molecule has 192 valence electrons. The van der Waals surface area contributed by atoms with E-state index in [9.17, 15) is 14.0 Å². The van der Waals surface area contributed by atoms with Crippen LogP contribution in [0.25, 0.3) is 0 Å². The van der Waals surface area contributed by atoms with Gasteiger partial charge in [-0.1, -0.05) is 48.5 Å². The predicted molar refractivity (Wildman–Crippen MR) is 141 cm³/mol. The fourth-order valence-corrected chi connectivity index (χ4v) is 5.50. The summed E-state index contributed by atoms with van der Waals surface area (Å²) in [5, 5.41) is 3.88. The van der Waals surface area contributed by atoms with Crippen LogP contribution in [0.1, 0.15) is 57.9 Å². The molecule has 2 aromatic rings. The number of rotatable bonds is 6. The lowest BCUT2D eigenvalue weighted by Crippen LogP contribution is -2.56. The van der Waals surface area contributed by atoms with Crippen LogP contribution in [0.4, 0.5) is 10.1 Å². The van der Waals surface area contributed by atoms with E-state index < -0.39 is 12.1 Å². The third-order valence-corrected chi connectivity index (χ3v) is 7.39. The molecular weight excluding hydrogens is 502 g/mol. The largest absolute Gasteiger partial charge is 0.480 e. The third kappa shape index (κ3) is 6.04. The number of nitrogens with one attached hydrogen (secondary N) is 1. The van der Waals surface area contributed by atoms with E-state index in [4.69, 9.17) is 27.9 Å². The first kappa shape index (κ1) is 26.5. The molecule has 0 spiro atoms. The number of nitrogens with zero attached hydrogens (tertiary/aromatic N) is 1. The first-order valence-corrected chi connectivity index (χ1v) is 13.2. The standard InChI is InChI=1S/C28H31Cl2FN2O3/c1-3-17(2)26(27(34)32-22-7-5-4-6-8-22)33(23-15-19(29)14-20(30)16-23)28(35)25-11-9-18-13-21(31)10-12-24(18)36-25/h3,10,12-16,22,25-26H,4-9,11H2,1-2H3,(H,32,34)/b17-3+. The van der Waals surface area contributed by atoms with Crippen molar-refractivity contribution in [3.8, 4) is 5.75 Å². The molecule has 1 heterocycles. The highest BCUT2D eigenvalue weighted by Crippen LogP contribution is 2.33. The summed E-state index contributed by atoms with van der Waals surface area (Å²) in [6.45, 7) is 3.67. The second-order valence-electron chi connectivity index (χ2n) is 9.51. The second-order valence-corrected chi connectivity index (χ2v) is 10.4. The maximum absolute atomic E-state index is 14.1. The number of halogens is 3. The molecular formula is C28H31Cl2FN2O3. The number of amides is 2. The minimum absolute atomic E-state index is 0.0750. The van der Waals surface area contributed by atoms with Gasteiger partial charge in [0, 0.05) is 21.8 Å². The van der Waals surface area contributed by atoms with Gasteiger partial charge in [0.15, 0.2) is 6.10 Å². The van der Waals surface area contributed by atoms with Crippen molar-refractivity contribution < 1.29 is 18.7 Å². The van der Waals surface area contributed by atoms with Gasteiger partial charge in [-0.3, -0.25) is 14.5 Å². The number of carbonyl (C=O) groups excluding carboxylic acids is 2. The Morgan fingerprint density at radius 3 is 2.44 bits per heavy atom. The fraction of sp³-hybridized carbons (Fsp3) is 0.429. The summed E-state index contributed by atoms with van der Waals surface area (Å²) >= 11 is 12.6. The van der Waals surface area contributed by atoms with Gasteiger partial charge in [0.25, 0.3) is 5.91 Å². The average Bonchev–Trinajstić information content (AvgIpc) is 2.86. The topological polar surface area (TPSA) is 58.6 Å². The number of anilines is 1. The van der Waals surface area contributed by atoms with Crippen molar-refractivity contribution >= 4 is 40.7 Å². The third-order valence-electron chi connectivity index (χ3n) is 6.95. The Labute approximate surface area is 221 Å². The van der Waals surface area contributed by atoms with E-state index in [2.05, 4.69) is 5.32 Å². The van der Waals surface area contributed by atoms with Gasteiger partial charge < -0.3 is 10.1 Å². The van der Waals surface area contributed by atoms with Crippen molar-refractivity contribution in [2.75, 3.05) is 4.90 Å². The van der Waals surface area contributed by atoms with Crippen LogP contribution in [0.15, 0.2) is 48.0 Å². The number of fused-ring (bicyclic) bond motifs is 1. The van der Waals surface area contributed by atoms with Gasteiger partial charge in [0.05, 0.1) is 0 Å². The molecule has 0 radical (unpaired) electrons. The Bertz CT molecular complexity index is 1140. The molecule has 1 aliphatic carbocycles. The van der Waals surface area contributed by atoms with Crippen molar-refractivity contribution in [2.24, 2.45) is 0 Å². The van der Waals surface area contributed by atoms with Gasteiger partial charge in [-0.25, -0.2) is 4.39 Å². The van der Waals surface area contributed by atoms with Crippen molar-refractivity contribution in [3.63, 3.8) is 0 Å². The maximum atomic E-state index is 14.1. The van der Waals surface area contributed by atoms with E-state index in [0.29, 0.717) is 45.5 Å². The van der Waals surface area contributed by atoms with Crippen LogP contribution >= 0.6 is 23.2 Å². The molecule has 8 heteroatoms. The van der Waals surface area contributed by atoms with Gasteiger partial charge in [0.2, 0.25) is 5.91 Å². The lowest BCUT2D eigenvalue weighted by molar-refractivity contribution is -0.130. The number of ether oxygens (including phenoxy) is 1. The summed E-state index contributed by atoms with van der Waals surface area (Å²) in [5.41, 5.74) is 1.84. The summed E-state index contributed by atoms with van der Waals surface area (Å²) in [4.78, 5) is 29.3. The molecule has 2 aliphatic rings. The number of carbonyl (C=O) groups is 2. The monoisotopic (exact) mass is 532 g/mol. The highest BCUT2D eigenvalue weighted by atomic mass is 35.5. The first-order valence-electron chi connectivity index (χ1n) is 12.4. The zero-order valence-electron chi connectivity index (χ0n) is 20.5. The molecule has 2 aromatic carbocycles. The average molecular weight is 533 g/mol. The van der Waals surface area contributed by atoms with Crippen molar-refractivity contribution in [1.82, 2.24) is 5.32 Å².